The van der Waals surface area contributed by atoms with Crippen LogP contribution in [0, 0.1) is 17.8 Å². The van der Waals surface area contributed by atoms with E-state index in [1.54, 1.807) is 0 Å². The summed E-state index contributed by atoms with van der Waals surface area (Å²) in [5.74, 6) is -2.52. The molecule has 3 aliphatic rings. The van der Waals surface area contributed by atoms with Gasteiger partial charge in [0.1, 0.15) is 12.0 Å². The van der Waals surface area contributed by atoms with E-state index in [1.165, 1.54) is 0 Å². The first-order chi connectivity index (χ1) is 10.3. The Bertz CT molecular complexity index is 567. The van der Waals surface area contributed by atoms with Gasteiger partial charge in [0.05, 0.1) is 18.0 Å². The van der Waals surface area contributed by atoms with E-state index < -0.39 is 50.7 Å². The minimum Gasteiger partial charge on any atom is -0.691 e. The van der Waals surface area contributed by atoms with Gasteiger partial charge in [-0.3, -0.25) is 9.22 Å². The Hall–Kier alpha value is -0.530. The molecule has 2 aliphatic carbocycles. The molecule has 0 N–H and O–H groups in total. The van der Waals surface area contributed by atoms with E-state index in [2.05, 4.69) is 14.1 Å². The van der Waals surface area contributed by atoms with Crippen molar-refractivity contribution < 1.29 is 45.5 Å². The third kappa shape index (κ3) is 2.61. The number of esters is 1. The van der Waals surface area contributed by atoms with Crippen LogP contribution in [-0.4, -0.2) is 37.6 Å². The van der Waals surface area contributed by atoms with E-state index >= 15 is 0 Å². The average molecular weight is 361 g/mol. The summed E-state index contributed by atoms with van der Waals surface area (Å²) < 4.78 is 62.8. The monoisotopic (exact) mass is 361 g/mol. The highest BCUT2D eigenvalue weighted by Crippen LogP contribution is 2.57. The zero-order valence-corrected chi connectivity index (χ0v) is 12.5. The zero-order valence-electron chi connectivity index (χ0n) is 10.8. The predicted molar refractivity (Wildman–Crippen MR) is 63.0 cm³/mol. The number of ether oxygens (including phenoxy) is 1. The highest BCUT2D eigenvalue weighted by atomic mass is 32.2. The third-order valence-electron chi connectivity index (χ3n) is 4.46. The molecule has 3 fully saturated rings. The Kier molecular flexibility index (Phi) is 4.10. The van der Waals surface area contributed by atoms with Crippen molar-refractivity contribution in [3.05, 3.63) is 0 Å². The Labute approximate surface area is 128 Å². The lowest BCUT2D eigenvalue weighted by molar-refractivity contribution is -0.777. The molecule has 0 spiro atoms. The quantitative estimate of drug-likeness (QED) is 0.208. The van der Waals surface area contributed by atoms with Gasteiger partial charge in [0.15, 0.2) is 0 Å². The van der Waals surface area contributed by atoms with E-state index in [4.69, 9.17) is 4.18 Å². The van der Waals surface area contributed by atoms with Crippen molar-refractivity contribution in [2.75, 3.05) is 6.61 Å². The topological polar surface area (TPSA) is 111 Å². The number of rotatable bonds is 6. The maximum atomic E-state index is 13.2. The molecule has 0 amide bonds. The molecule has 2 bridgehead atoms. The zero-order chi connectivity index (χ0) is 16.1. The number of fused-ring (bicyclic) bond motifs is 1. The fraction of sp³-hybridized carbons (Fsp3) is 0.900. The van der Waals surface area contributed by atoms with Crippen molar-refractivity contribution in [2.24, 2.45) is 17.8 Å². The Morgan fingerprint density at radius 1 is 1.41 bits per heavy atom. The summed E-state index contributed by atoms with van der Waals surface area (Å²) in [7, 11) is -3.61. The molecule has 126 valence electrons. The molecule has 2 saturated carbocycles. The summed E-state index contributed by atoms with van der Waals surface area (Å²) >= 11 is -0.771. The van der Waals surface area contributed by atoms with Crippen LogP contribution in [0.3, 0.4) is 0 Å². The Balaban J connectivity index is 1.58. The number of alkyl halides is 2. The molecule has 1 saturated heterocycles. The summed E-state index contributed by atoms with van der Waals surface area (Å²) in [5.41, 5.74) is 0. The lowest BCUT2D eigenvalue weighted by atomic mass is 9.87. The lowest BCUT2D eigenvalue weighted by Crippen LogP contribution is -2.35. The molecule has 5 unspecified atom stereocenters. The molecule has 22 heavy (non-hydrogen) atoms. The van der Waals surface area contributed by atoms with Gasteiger partial charge < -0.3 is 9.99 Å². The molecule has 8 nitrogen and oxygen atoms in total. The van der Waals surface area contributed by atoms with Crippen LogP contribution in [0.5, 0.6) is 0 Å². The van der Waals surface area contributed by atoms with Crippen LogP contribution >= 0.6 is 12.0 Å². The van der Waals surface area contributed by atoms with Crippen molar-refractivity contribution in [3.63, 3.8) is 0 Å². The SMILES string of the molecule is O=C(OCC1C2CC3C1OS(=O)(=O)C3C2)C(F)(F)SOO[O-]. The van der Waals surface area contributed by atoms with Crippen molar-refractivity contribution >= 4 is 28.1 Å². The van der Waals surface area contributed by atoms with Gasteiger partial charge in [-0.05, 0) is 18.8 Å². The van der Waals surface area contributed by atoms with Crippen molar-refractivity contribution in [3.8, 4) is 0 Å². The Morgan fingerprint density at radius 3 is 2.82 bits per heavy atom. The molecule has 1 heterocycles. The second kappa shape index (κ2) is 5.53. The van der Waals surface area contributed by atoms with Gasteiger partial charge in [0, 0.05) is 11.8 Å². The summed E-state index contributed by atoms with van der Waals surface area (Å²) in [6, 6.07) is 0. The van der Waals surface area contributed by atoms with E-state index in [0.29, 0.717) is 12.8 Å². The fourth-order valence-corrected chi connectivity index (χ4v) is 5.79. The second-order valence-electron chi connectivity index (χ2n) is 5.49. The second-order valence-corrected chi connectivity index (χ2v) is 8.08. The van der Waals surface area contributed by atoms with Crippen LogP contribution in [0.4, 0.5) is 8.78 Å². The van der Waals surface area contributed by atoms with Crippen LogP contribution in [0.2, 0.25) is 0 Å². The summed E-state index contributed by atoms with van der Waals surface area (Å²) in [5, 5.41) is 7.61. The van der Waals surface area contributed by atoms with E-state index in [-0.39, 0.29) is 18.4 Å². The van der Waals surface area contributed by atoms with E-state index in [9.17, 15) is 27.3 Å². The number of carbonyl (C=O) groups is 1. The molecular weight excluding hydrogens is 350 g/mol. The number of halogens is 2. The molecule has 0 aromatic rings. The van der Waals surface area contributed by atoms with Gasteiger partial charge in [-0.1, -0.05) is 0 Å². The first kappa shape index (κ1) is 16.3. The largest absolute Gasteiger partial charge is 0.691 e. The van der Waals surface area contributed by atoms with Crippen molar-refractivity contribution in [2.45, 2.75) is 29.5 Å². The molecule has 1 aliphatic heterocycles. The standard InChI is InChI=1S/C10H12F2O8S2/c11-10(12,21-20-19-14)9(13)17-3-6-4-1-5-7(2-4)22(15,16)18-8(5)6/h4-8,14H,1-3H2/p-1. The smallest absolute Gasteiger partial charge is 0.415 e. The first-order valence-corrected chi connectivity index (χ1v) is 8.59. The summed E-state index contributed by atoms with van der Waals surface area (Å²) in [6.07, 6.45) is 0.392. The minimum atomic E-state index is -4.10. The lowest BCUT2D eigenvalue weighted by Gasteiger charge is -2.25. The minimum absolute atomic E-state index is 0.0347. The van der Waals surface area contributed by atoms with Gasteiger partial charge in [-0.2, -0.15) is 21.5 Å². The van der Waals surface area contributed by atoms with Crippen molar-refractivity contribution in [1.82, 2.24) is 0 Å². The fourth-order valence-electron chi connectivity index (χ4n) is 3.63. The highest BCUT2D eigenvalue weighted by Gasteiger charge is 2.64. The molecule has 0 aromatic heterocycles. The van der Waals surface area contributed by atoms with E-state index in [0.717, 1.165) is 0 Å². The number of hydrogen-bond donors (Lipinski definition) is 0. The van der Waals surface area contributed by atoms with Gasteiger partial charge in [-0.15, -0.1) is 0 Å². The van der Waals surface area contributed by atoms with Crippen LogP contribution in [0.15, 0.2) is 0 Å². The van der Waals surface area contributed by atoms with Gasteiger partial charge in [0.25, 0.3) is 10.1 Å². The normalized spacial score (nSPS) is 38.4. The van der Waals surface area contributed by atoms with Gasteiger partial charge >= 0.3 is 11.2 Å². The van der Waals surface area contributed by atoms with Crippen LogP contribution in [-0.2, 0) is 33.2 Å². The number of carbonyl (C=O) groups excluding carboxylic acids is 1. The van der Waals surface area contributed by atoms with Crippen molar-refractivity contribution in [1.29, 1.82) is 0 Å². The molecule has 12 heteroatoms. The van der Waals surface area contributed by atoms with Crippen LogP contribution in [0.1, 0.15) is 12.8 Å². The molecular formula is C10H11F2O8S2-. The first-order valence-electron chi connectivity index (χ1n) is 6.37. The predicted octanol–water partition coefficient (Wildman–Crippen LogP) is -0.253. The third-order valence-corrected chi connectivity index (χ3v) is 6.74. The van der Waals surface area contributed by atoms with E-state index in [1.807, 2.05) is 0 Å². The Morgan fingerprint density at radius 2 is 2.14 bits per heavy atom. The molecule has 3 rings (SSSR count). The molecule has 5 atom stereocenters. The number of hydrogen-bond acceptors (Lipinski definition) is 9. The van der Waals surface area contributed by atoms with Crippen LogP contribution < -0.4 is 5.26 Å². The molecule has 0 aromatic carbocycles. The average Bonchev–Trinajstić information content (AvgIpc) is 3.05. The van der Waals surface area contributed by atoms with Gasteiger partial charge in [0.2, 0.25) is 0 Å². The van der Waals surface area contributed by atoms with Crippen LogP contribution in [0.25, 0.3) is 0 Å². The van der Waals surface area contributed by atoms with Gasteiger partial charge in [-0.25, -0.2) is 4.79 Å². The summed E-state index contributed by atoms with van der Waals surface area (Å²) in [6.45, 7) is -0.374. The maximum absolute atomic E-state index is 13.2. The molecule has 0 radical (unpaired) electrons. The highest BCUT2D eigenvalue weighted by molar-refractivity contribution is 7.96. The summed E-state index contributed by atoms with van der Waals surface area (Å²) in [4.78, 5) is 11.3. The maximum Gasteiger partial charge on any atom is 0.415 e.